The van der Waals surface area contributed by atoms with Crippen LogP contribution in [0.2, 0.25) is 0 Å². The molecule has 128 valence electrons. The van der Waals surface area contributed by atoms with Crippen molar-refractivity contribution >= 4 is 5.82 Å². The lowest BCUT2D eigenvalue weighted by molar-refractivity contribution is 0.494. The van der Waals surface area contributed by atoms with Crippen LogP contribution in [0.15, 0.2) is 24.3 Å². The molecule has 0 radical (unpaired) electrons. The summed E-state index contributed by atoms with van der Waals surface area (Å²) in [7, 11) is 0. The van der Waals surface area contributed by atoms with Crippen LogP contribution in [0.1, 0.15) is 24.0 Å². The van der Waals surface area contributed by atoms with Gasteiger partial charge in [0.15, 0.2) is 5.82 Å². The molecule has 0 spiro atoms. The highest BCUT2D eigenvalue weighted by Crippen LogP contribution is 2.36. The van der Waals surface area contributed by atoms with Crippen molar-refractivity contribution < 1.29 is 4.39 Å². The minimum atomic E-state index is -0.325. The molecule has 2 aliphatic rings. The molecule has 1 aromatic carbocycles. The lowest BCUT2D eigenvalue weighted by Crippen LogP contribution is -2.21. The van der Waals surface area contributed by atoms with Crippen molar-refractivity contribution in [1.29, 1.82) is 5.26 Å². The van der Waals surface area contributed by atoms with E-state index in [0.29, 0.717) is 40.5 Å². The number of halogens is 1. The Kier molecular flexibility index (Phi) is 4.10. The molecule has 5 nitrogen and oxygen atoms in total. The van der Waals surface area contributed by atoms with Gasteiger partial charge < -0.3 is 10.6 Å². The van der Waals surface area contributed by atoms with Crippen LogP contribution in [0.4, 0.5) is 10.2 Å². The molecule has 0 bridgehead atoms. The molecule has 0 amide bonds. The maximum Gasteiger partial charge on any atom is 0.166 e. The Morgan fingerprint density at radius 1 is 1.20 bits per heavy atom. The van der Waals surface area contributed by atoms with Crippen molar-refractivity contribution in [2.24, 2.45) is 11.8 Å². The lowest BCUT2D eigenvalue weighted by atomic mass is 10.0. The quantitative estimate of drug-likeness (QED) is 0.901. The number of fused-ring (bicyclic) bond motifs is 1. The van der Waals surface area contributed by atoms with Crippen molar-refractivity contribution in [2.75, 3.05) is 18.4 Å². The Morgan fingerprint density at radius 3 is 2.68 bits per heavy atom. The van der Waals surface area contributed by atoms with Crippen LogP contribution in [-0.2, 0) is 0 Å². The Hall–Kier alpha value is -2.52. The average Bonchev–Trinajstić information content (AvgIpc) is 3.19. The van der Waals surface area contributed by atoms with Crippen molar-refractivity contribution in [2.45, 2.75) is 25.8 Å². The molecule has 2 heterocycles. The number of benzene rings is 1. The first-order valence-corrected chi connectivity index (χ1v) is 8.65. The van der Waals surface area contributed by atoms with Crippen molar-refractivity contribution in [3.63, 3.8) is 0 Å². The number of rotatable bonds is 3. The topological polar surface area (TPSA) is 73.6 Å². The number of anilines is 1. The van der Waals surface area contributed by atoms with E-state index < -0.39 is 0 Å². The summed E-state index contributed by atoms with van der Waals surface area (Å²) in [6.45, 7) is 4.05. The fourth-order valence-electron chi connectivity index (χ4n) is 4.06. The van der Waals surface area contributed by atoms with Crippen LogP contribution >= 0.6 is 0 Å². The van der Waals surface area contributed by atoms with Crippen LogP contribution in [0.3, 0.4) is 0 Å². The fourth-order valence-corrected chi connectivity index (χ4v) is 4.06. The standard InChI is InChI=1S/C19H20FN5/c1-11-2-3-15(20)7-17(11)18-6-12(8-21)19(25-24-18)23-16-4-13-9-22-10-14(13)5-16/h2-3,6-7,13-14,16,22H,4-5,9-10H2,1H3,(H,23,25)/t13-,14+,16+. The van der Waals surface area contributed by atoms with E-state index in [9.17, 15) is 9.65 Å². The van der Waals surface area contributed by atoms with Gasteiger partial charge in [0, 0.05) is 11.6 Å². The van der Waals surface area contributed by atoms with Crippen LogP contribution in [0.5, 0.6) is 0 Å². The summed E-state index contributed by atoms with van der Waals surface area (Å²) in [6.07, 6.45) is 2.18. The maximum absolute atomic E-state index is 13.5. The Balaban J connectivity index is 1.58. The normalized spacial score (nSPS) is 24.8. The summed E-state index contributed by atoms with van der Waals surface area (Å²) >= 11 is 0. The van der Waals surface area contributed by atoms with Crippen molar-refractivity contribution in [3.05, 3.63) is 41.2 Å². The molecule has 25 heavy (non-hydrogen) atoms. The molecular weight excluding hydrogens is 317 g/mol. The Bertz CT molecular complexity index is 832. The number of hydrogen-bond donors (Lipinski definition) is 2. The van der Waals surface area contributed by atoms with Crippen LogP contribution in [0, 0.1) is 35.9 Å². The number of nitrogens with one attached hydrogen (secondary N) is 2. The van der Waals surface area contributed by atoms with Gasteiger partial charge in [0.2, 0.25) is 0 Å². The summed E-state index contributed by atoms with van der Waals surface area (Å²) in [5.41, 5.74) is 2.53. The van der Waals surface area contributed by atoms with Crippen LogP contribution in [0.25, 0.3) is 11.3 Å². The lowest BCUT2D eigenvalue weighted by Gasteiger charge is -2.15. The van der Waals surface area contributed by atoms with Gasteiger partial charge in [-0.2, -0.15) is 5.26 Å². The van der Waals surface area contributed by atoms with E-state index in [1.807, 2.05) is 6.92 Å². The van der Waals surface area contributed by atoms with Gasteiger partial charge in [-0.25, -0.2) is 4.39 Å². The third-order valence-corrected chi connectivity index (χ3v) is 5.39. The number of aryl methyl sites for hydroxylation is 1. The molecule has 1 aliphatic heterocycles. The molecule has 2 aromatic rings. The molecule has 1 saturated carbocycles. The van der Waals surface area contributed by atoms with Gasteiger partial charge >= 0.3 is 0 Å². The van der Waals surface area contributed by atoms with Gasteiger partial charge in [-0.3, -0.25) is 0 Å². The zero-order valence-electron chi connectivity index (χ0n) is 14.1. The Morgan fingerprint density at radius 2 is 1.96 bits per heavy atom. The predicted octanol–water partition coefficient (Wildman–Crippen LogP) is 2.87. The van der Waals surface area contributed by atoms with Gasteiger partial charge in [-0.05, 0) is 68.5 Å². The zero-order chi connectivity index (χ0) is 17.4. The van der Waals surface area contributed by atoms with Gasteiger partial charge in [0.05, 0.1) is 11.3 Å². The first-order valence-electron chi connectivity index (χ1n) is 8.65. The highest BCUT2D eigenvalue weighted by atomic mass is 19.1. The minimum absolute atomic E-state index is 0.325. The molecule has 1 aromatic heterocycles. The van der Waals surface area contributed by atoms with Gasteiger partial charge in [0.1, 0.15) is 11.9 Å². The van der Waals surface area contributed by atoms with Crippen LogP contribution in [-0.4, -0.2) is 29.3 Å². The van der Waals surface area contributed by atoms with E-state index >= 15 is 0 Å². The van der Waals surface area contributed by atoms with Crippen molar-refractivity contribution in [1.82, 2.24) is 15.5 Å². The second-order valence-electron chi connectivity index (χ2n) is 7.05. The first kappa shape index (κ1) is 16.0. The summed E-state index contributed by atoms with van der Waals surface area (Å²) < 4.78 is 13.5. The monoisotopic (exact) mass is 337 g/mol. The van der Waals surface area contributed by atoms with E-state index in [-0.39, 0.29) is 5.82 Å². The smallest absolute Gasteiger partial charge is 0.166 e. The van der Waals surface area contributed by atoms with Gasteiger partial charge in [-0.1, -0.05) is 6.07 Å². The molecule has 3 atom stereocenters. The van der Waals surface area contributed by atoms with E-state index in [4.69, 9.17) is 0 Å². The van der Waals surface area contributed by atoms with E-state index in [1.165, 1.54) is 12.1 Å². The van der Waals surface area contributed by atoms with Crippen LogP contribution < -0.4 is 10.6 Å². The second kappa shape index (κ2) is 6.41. The summed E-state index contributed by atoms with van der Waals surface area (Å²) in [5, 5.41) is 24.8. The average molecular weight is 337 g/mol. The van der Waals surface area contributed by atoms with E-state index in [0.717, 1.165) is 31.5 Å². The second-order valence-corrected chi connectivity index (χ2v) is 7.05. The summed E-state index contributed by atoms with van der Waals surface area (Å²) in [4.78, 5) is 0. The molecule has 2 N–H and O–H groups in total. The fraction of sp³-hybridized carbons (Fsp3) is 0.421. The first-order chi connectivity index (χ1) is 12.1. The van der Waals surface area contributed by atoms with Gasteiger partial charge in [-0.15, -0.1) is 10.2 Å². The number of nitriles is 1. The summed E-state index contributed by atoms with van der Waals surface area (Å²) in [5.74, 6) is 1.63. The number of aromatic nitrogens is 2. The molecule has 1 saturated heterocycles. The highest BCUT2D eigenvalue weighted by molar-refractivity contribution is 5.67. The minimum Gasteiger partial charge on any atom is -0.365 e. The number of hydrogen-bond acceptors (Lipinski definition) is 5. The molecule has 0 unspecified atom stereocenters. The van der Waals surface area contributed by atoms with Crippen molar-refractivity contribution in [3.8, 4) is 17.3 Å². The summed E-state index contributed by atoms with van der Waals surface area (Å²) in [6, 6.07) is 8.77. The number of nitrogens with zero attached hydrogens (tertiary/aromatic N) is 3. The van der Waals surface area contributed by atoms with E-state index in [1.54, 1.807) is 12.1 Å². The largest absolute Gasteiger partial charge is 0.365 e. The maximum atomic E-state index is 13.5. The zero-order valence-corrected chi connectivity index (χ0v) is 14.1. The third-order valence-electron chi connectivity index (χ3n) is 5.39. The van der Waals surface area contributed by atoms with E-state index in [2.05, 4.69) is 26.9 Å². The Labute approximate surface area is 146 Å². The third kappa shape index (κ3) is 3.08. The predicted molar refractivity (Wildman–Crippen MR) is 93.4 cm³/mol. The molecule has 1 aliphatic carbocycles. The SMILES string of the molecule is Cc1ccc(F)cc1-c1cc(C#N)c(N[C@@H]2C[C@H]3CNC[C@H]3C2)nn1. The van der Waals surface area contributed by atoms with Gasteiger partial charge in [0.25, 0.3) is 0 Å². The highest BCUT2D eigenvalue weighted by Gasteiger charge is 2.37. The molecule has 2 fully saturated rings. The molecular formula is C19H20FN5. The molecule has 4 rings (SSSR count). The molecule has 6 heteroatoms.